The molecule has 2 amide bonds. The number of hydrogen-bond acceptors (Lipinski definition) is 8. The number of ether oxygens (including phenoxy) is 2. The summed E-state index contributed by atoms with van der Waals surface area (Å²) < 4.78 is 24.3. The van der Waals surface area contributed by atoms with Crippen LogP contribution in [0, 0.1) is 5.82 Å². The fourth-order valence-electron chi connectivity index (χ4n) is 3.37. The van der Waals surface area contributed by atoms with E-state index in [1.807, 2.05) is 0 Å². The van der Waals surface area contributed by atoms with Crippen molar-refractivity contribution in [1.29, 1.82) is 0 Å². The van der Waals surface area contributed by atoms with Crippen LogP contribution < -0.4 is 20.9 Å². The summed E-state index contributed by atoms with van der Waals surface area (Å²) in [7, 11) is 0. The molecular weight excluding hydrogens is 455 g/mol. The number of carbonyl (C=O) groups excluding carboxylic acids is 3. The first-order valence-electron chi connectivity index (χ1n) is 9.99. The minimum atomic E-state index is -0.680. The van der Waals surface area contributed by atoms with Gasteiger partial charge in [0, 0.05) is 6.54 Å². The molecule has 0 saturated heterocycles. The SMILES string of the molecule is CCOC(=O)C(C)c1csc2nc(C(=O)NCc3cc(F)c4c(c3)NC(=O)CO4)[nH]c(=O)c12. The van der Waals surface area contributed by atoms with E-state index in [2.05, 4.69) is 20.6 Å². The Morgan fingerprint density at radius 2 is 2.15 bits per heavy atom. The van der Waals surface area contributed by atoms with Gasteiger partial charge in [-0.25, -0.2) is 9.37 Å². The van der Waals surface area contributed by atoms with E-state index >= 15 is 0 Å². The highest BCUT2D eigenvalue weighted by Gasteiger charge is 2.24. The van der Waals surface area contributed by atoms with Gasteiger partial charge in [-0.2, -0.15) is 0 Å². The maximum atomic E-state index is 14.2. The molecule has 1 atom stereocenters. The van der Waals surface area contributed by atoms with Crippen molar-refractivity contribution in [1.82, 2.24) is 15.3 Å². The molecule has 1 aliphatic heterocycles. The van der Waals surface area contributed by atoms with Gasteiger partial charge >= 0.3 is 5.97 Å². The summed E-state index contributed by atoms with van der Waals surface area (Å²) in [6, 6.07) is 2.66. The fourth-order valence-corrected chi connectivity index (χ4v) is 4.41. The molecule has 1 unspecified atom stereocenters. The predicted molar refractivity (Wildman–Crippen MR) is 117 cm³/mol. The number of amides is 2. The summed E-state index contributed by atoms with van der Waals surface area (Å²) in [5.74, 6) is -3.17. The highest BCUT2D eigenvalue weighted by atomic mass is 32.1. The third kappa shape index (κ3) is 4.42. The Morgan fingerprint density at radius 1 is 1.36 bits per heavy atom. The first kappa shape index (κ1) is 22.4. The highest BCUT2D eigenvalue weighted by molar-refractivity contribution is 7.16. The first-order chi connectivity index (χ1) is 15.8. The largest absolute Gasteiger partial charge is 0.478 e. The molecule has 172 valence electrons. The molecule has 0 saturated carbocycles. The molecular formula is C21H19FN4O6S. The van der Waals surface area contributed by atoms with Gasteiger partial charge in [0.1, 0.15) is 4.83 Å². The van der Waals surface area contributed by atoms with Crippen molar-refractivity contribution in [3.63, 3.8) is 0 Å². The minimum Gasteiger partial charge on any atom is -0.478 e. The zero-order valence-corrected chi connectivity index (χ0v) is 18.4. The van der Waals surface area contributed by atoms with Gasteiger partial charge < -0.3 is 25.1 Å². The van der Waals surface area contributed by atoms with Crippen molar-refractivity contribution in [2.24, 2.45) is 0 Å². The third-order valence-electron chi connectivity index (χ3n) is 4.97. The number of anilines is 1. The minimum absolute atomic E-state index is 0.0633. The van der Waals surface area contributed by atoms with Crippen molar-refractivity contribution >= 4 is 45.0 Å². The zero-order valence-electron chi connectivity index (χ0n) is 17.6. The van der Waals surface area contributed by atoms with Gasteiger partial charge in [0.15, 0.2) is 18.2 Å². The summed E-state index contributed by atoms with van der Waals surface area (Å²) in [4.78, 5) is 55.7. The number of halogens is 1. The number of esters is 1. The van der Waals surface area contributed by atoms with E-state index < -0.39 is 35.1 Å². The van der Waals surface area contributed by atoms with Crippen LogP contribution in [-0.4, -0.2) is 41.0 Å². The molecule has 0 fully saturated rings. The number of aromatic amines is 1. The lowest BCUT2D eigenvalue weighted by Gasteiger charge is -2.19. The maximum Gasteiger partial charge on any atom is 0.313 e. The molecule has 33 heavy (non-hydrogen) atoms. The van der Waals surface area contributed by atoms with E-state index in [-0.39, 0.29) is 42.4 Å². The van der Waals surface area contributed by atoms with E-state index in [0.717, 1.165) is 11.3 Å². The molecule has 0 aliphatic carbocycles. The lowest BCUT2D eigenvalue weighted by atomic mass is 10.0. The Balaban J connectivity index is 1.53. The highest BCUT2D eigenvalue weighted by Crippen LogP contribution is 2.32. The molecule has 3 heterocycles. The molecule has 4 rings (SSSR count). The van der Waals surface area contributed by atoms with Crippen LogP contribution in [0.15, 0.2) is 22.3 Å². The number of hydrogen-bond donors (Lipinski definition) is 3. The number of benzene rings is 1. The molecule has 0 spiro atoms. The number of fused-ring (bicyclic) bond motifs is 2. The summed E-state index contributed by atoms with van der Waals surface area (Å²) in [6.45, 7) is 3.18. The Hall–Kier alpha value is -3.80. The van der Waals surface area contributed by atoms with Gasteiger partial charge in [-0.3, -0.25) is 19.2 Å². The van der Waals surface area contributed by atoms with E-state index in [1.165, 1.54) is 12.1 Å². The van der Waals surface area contributed by atoms with E-state index in [1.54, 1.807) is 19.2 Å². The summed E-state index contributed by atoms with van der Waals surface area (Å²) in [5.41, 5.74) is 0.459. The van der Waals surface area contributed by atoms with Gasteiger partial charge in [0.2, 0.25) is 5.82 Å². The average Bonchev–Trinajstić information content (AvgIpc) is 3.21. The second kappa shape index (κ2) is 8.98. The first-order valence-corrected chi connectivity index (χ1v) is 10.9. The van der Waals surface area contributed by atoms with Gasteiger partial charge in [0.05, 0.1) is 23.6 Å². The van der Waals surface area contributed by atoms with Crippen molar-refractivity contribution in [2.75, 3.05) is 18.5 Å². The maximum absolute atomic E-state index is 14.2. The number of carbonyl (C=O) groups is 3. The zero-order chi connectivity index (χ0) is 23.7. The van der Waals surface area contributed by atoms with Crippen LogP contribution in [-0.2, 0) is 20.9 Å². The quantitative estimate of drug-likeness (QED) is 0.465. The van der Waals surface area contributed by atoms with Gasteiger partial charge in [0.25, 0.3) is 17.4 Å². The number of thiophene rings is 1. The van der Waals surface area contributed by atoms with Crippen molar-refractivity contribution in [2.45, 2.75) is 26.3 Å². The molecule has 3 aromatic rings. The predicted octanol–water partition coefficient (Wildman–Crippen LogP) is 2.05. The van der Waals surface area contributed by atoms with Gasteiger partial charge in [-0.1, -0.05) is 0 Å². The second-order valence-corrected chi connectivity index (χ2v) is 8.09. The topological polar surface area (TPSA) is 139 Å². The summed E-state index contributed by atoms with van der Waals surface area (Å²) in [6.07, 6.45) is 0. The van der Waals surface area contributed by atoms with Gasteiger partial charge in [-0.15, -0.1) is 11.3 Å². The lowest BCUT2D eigenvalue weighted by Crippen LogP contribution is -2.28. The van der Waals surface area contributed by atoms with Gasteiger partial charge in [-0.05, 0) is 42.5 Å². The molecule has 12 heteroatoms. The molecule has 2 aromatic heterocycles. The third-order valence-corrected chi connectivity index (χ3v) is 5.86. The molecule has 1 aromatic carbocycles. The van der Waals surface area contributed by atoms with Crippen molar-refractivity contribution in [3.8, 4) is 5.75 Å². The molecule has 10 nitrogen and oxygen atoms in total. The van der Waals surface area contributed by atoms with Crippen LogP contribution in [0.1, 0.15) is 41.5 Å². The van der Waals surface area contributed by atoms with Crippen LogP contribution in [0.2, 0.25) is 0 Å². The normalized spacial score (nSPS) is 13.6. The molecule has 3 N–H and O–H groups in total. The number of aromatic nitrogens is 2. The monoisotopic (exact) mass is 474 g/mol. The van der Waals surface area contributed by atoms with E-state index in [9.17, 15) is 23.6 Å². The van der Waals surface area contributed by atoms with Crippen LogP contribution >= 0.6 is 11.3 Å². The Labute approximate surface area is 190 Å². The summed E-state index contributed by atoms with van der Waals surface area (Å²) >= 11 is 1.13. The Morgan fingerprint density at radius 3 is 2.91 bits per heavy atom. The number of nitrogens with one attached hydrogen (secondary N) is 3. The Kier molecular flexibility index (Phi) is 6.09. The fraction of sp³-hybridized carbons (Fsp3) is 0.286. The number of rotatable bonds is 6. The van der Waals surface area contributed by atoms with Crippen LogP contribution in [0.25, 0.3) is 10.2 Å². The number of H-pyrrole nitrogens is 1. The van der Waals surface area contributed by atoms with Crippen molar-refractivity contribution < 1.29 is 28.2 Å². The van der Waals surface area contributed by atoms with E-state index in [4.69, 9.17) is 9.47 Å². The number of nitrogens with zero attached hydrogens (tertiary/aromatic N) is 1. The average molecular weight is 474 g/mol. The van der Waals surface area contributed by atoms with Crippen molar-refractivity contribution in [3.05, 3.63) is 50.6 Å². The van der Waals surface area contributed by atoms with Crippen LogP contribution in [0.5, 0.6) is 5.75 Å². The smallest absolute Gasteiger partial charge is 0.313 e. The Bertz CT molecular complexity index is 1330. The molecule has 0 bridgehead atoms. The second-order valence-electron chi connectivity index (χ2n) is 7.23. The lowest BCUT2D eigenvalue weighted by molar-refractivity contribution is -0.144. The van der Waals surface area contributed by atoms with E-state index in [0.29, 0.717) is 16.0 Å². The van der Waals surface area contributed by atoms with Crippen LogP contribution in [0.4, 0.5) is 10.1 Å². The molecule has 1 aliphatic rings. The standard InChI is InChI=1S/C21H19FN4O6S/c1-3-31-21(30)9(2)11-8-33-20-15(11)18(28)25-17(26-20)19(29)23-6-10-4-12(22)16-13(5-10)24-14(27)7-32-16/h4-5,8-9H,3,6-7H2,1-2H3,(H,23,29)(H,24,27)(H,25,26,28). The van der Waals surface area contributed by atoms with Crippen LogP contribution in [0.3, 0.4) is 0 Å². The summed E-state index contributed by atoms with van der Waals surface area (Å²) in [5, 5.41) is 6.93. The molecule has 0 radical (unpaired) electrons.